The van der Waals surface area contributed by atoms with E-state index >= 15 is 0 Å². The van der Waals surface area contributed by atoms with Gasteiger partial charge in [-0.2, -0.15) is 0 Å². The first-order chi connectivity index (χ1) is 13.0. The standard InChI is InChI=1S/C20H24N2O4S/c1-14-18(19(23)24)27-17(21-14)8-7-15-9-11-22(12-10-15)20(25)26-13-16-5-3-2-4-6-16/h2-6,15H,7-13H2,1H3,(H,23,24). The van der Waals surface area contributed by atoms with Gasteiger partial charge in [-0.3, -0.25) is 0 Å². The minimum absolute atomic E-state index is 0.251. The second kappa shape index (κ2) is 8.99. The van der Waals surface area contributed by atoms with Gasteiger partial charge in [-0.25, -0.2) is 14.6 Å². The largest absolute Gasteiger partial charge is 0.477 e. The number of rotatable bonds is 6. The maximum atomic E-state index is 12.2. The molecular weight excluding hydrogens is 364 g/mol. The van der Waals surface area contributed by atoms with Gasteiger partial charge in [-0.1, -0.05) is 30.3 Å². The Bertz CT molecular complexity index is 783. The number of hydrogen-bond donors (Lipinski definition) is 1. The van der Waals surface area contributed by atoms with E-state index in [4.69, 9.17) is 9.84 Å². The van der Waals surface area contributed by atoms with Crippen LogP contribution in [0.1, 0.15) is 45.2 Å². The number of amides is 1. The molecule has 0 bridgehead atoms. The molecule has 3 rings (SSSR count). The number of ether oxygens (including phenoxy) is 1. The molecule has 144 valence electrons. The third-order valence-electron chi connectivity index (χ3n) is 4.88. The molecule has 1 saturated heterocycles. The maximum absolute atomic E-state index is 12.2. The molecule has 1 aliphatic heterocycles. The van der Waals surface area contributed by atoms with Gasteiger partial charge in [0.25, 0.3) is 0 Å². The van der Waals surface area contributed by atoms with E-state index in [0.29, 0.717) is 36.2 Å². The Morgan fingerprint density at radius 1 is 1.26 bits per heavy atom. The highest BCUT2D eigenvalue weighted by molar-refractivity contribution is 7.13. The molecule has 1 fully saturated rings. The minimum atomic E-state index is -0.904. The number of carboxylic acids is 1. The van der Waals surface area contributed by atoms with Crippen molar-refractivity contribution >= 4 is 23.4 Å². The van der Waals surface area contributed by atoms with E-state index in [-0.39, 0.29) is 6.09 Å². The number of hydrogen-bond acceptors (Lipinski definition) is 5. The number of carbonyl (C=O) groups excluding carboxylic acids is 1. The Morgan fingerprint density at radius 3 is 2.59 bits per heavy atom. The fraction of sp³-hybridized carbons (Fsp3) is 0.450. The van der Waals surface area contributed by atoms with E-state index in [9.17, 15) is 9.59 Å². The quantitative estimate of drug-likeness (QED) is 0.805. The molecule has 7 heteroatoms. The van der Waals surface area contributed by atoms with Gasteiger partial charge >= 0.3 is 12.1 Å². The van der Waals surface area contributed by atoms with Crippen LogP contribution in [0, 0.1) is 12.8 Å². The van der Waals surface area contributed by atoms with Crippen LogP contribution in [0.2, 0.25) is 0 Å². The summed E-state index contributed by atoms with van der Waals surface area (Å²) in [6, 6.07) is 9.67. The molecule has 0 unspecified atom stereocenters. The summed E-state index contributed by atoms with van der Waals surface area (Å²) in [5, 5.41) is 10.00. The van der Waals surface area contributed by atoms with E-state index in [2.05, 4.69) is 4.98 Å². The third-order valence-corrected chi connectivity index (χ3v) is 6.08. The van der Waals surface area contributed by atoms with Gasteiger partial charge in [-0.15, -0.1) is 11.3 Å². The summed E-state index contributed by atoms with van der Waals surface area (Å²) in [7, 11) is 0. The molecule has 1 amide bonds. The second-order valence-electron chi connectivity index (χ2n) is 6.84. The average Bonchev–Trinajstić information content (AvgIpc) is 3.06. The normalized spacial score (nSPS) is 14.9. The third kappa shape index (κ3) is 5.29. The number of carbonyl (C=O) groups is 2. The fourth-order valence-electron chi connectivity index (χ4n) is 3.30. The lowest BCUT2D eigenvalue weighted by molar-refractivity contribution is 0.0700. The summed E-state index contributed by atoms with van der Waals surface area (Å²) in [5.74, 6) is -0.376. The summed E-state index contributed by atoms with van der Waals surface area (Å²) < 4.78 is 5.39. The zero-order valence-corrected chi connectivity index (χ0v) is 16.2. The molecular formula is C20H24N2O4S. The summed E-state index contributed by atoms with van der Waals surface area (Å²) in [6.45, 7) is 3.45. The Balaban J connectivity index is 1.40. The molecule has 0 aliphatic carbocycles. The minimum Gasteiger partial charge on any atom is -0.477 e. The molecule has 1 N–H and O–H groups in total. The van der Waals surface area contributed by atoms with E-state index in [1.165, 1.54) is 11.3 Å². The summed E-state index contributed by atoms with van der Waals surface area (Å²) in [5.41, 5.74) is 1.58. The van der Waals surface area contributed by atoms with Gasteiger partial charge in [0.2, 0.25) is 0 Å². The first-order valence-electron chi connectivity index (χ1n) is 9.18. The van der Waals surface area contributed by atoms with Crippen molar-refractivity contribution in [1.82, 2.24) is 9.88 Å². The van der Waals surface area contributed by atoms with Crippen LogP contribution >= 0.6 is 11.3 Å². The van der Waals surface area contributed by atoms with Gasteiger partial charge < -0.3 is 14.7 Å². The van der Waals surface area contributed by atoms with E-state index in [0.717, 1.165) is 36.3 Å². The highest BCUT2D eigenvalue weighted by Gasteiger charge is 2.24. The second-order valence-corrected chi connectivity index (χ2v) is 7.92. The number of thiazole rings is 1. The Hall–Kier alpha value is -2.41. The molecule has 0 radical (unpaired) electrons. The summed E-state index contributed by atoms with van der Waals surface area (Å²) >= 11 is 1.27. The Labute approximate surface area is 162 Å². The molecule has 1 aliphatic rings. The molecule has 0 saturated carbocycles. The monoisotopic (exact) mass is 388 g/mol. The highest BCUT2D eigenvalue weighted by atomic mass is 32.1. The van der Waals surface area contributed by atoms with Gasteiger partial charge in [0, 0.05) is 13.1 Å². The highest BCUT2D eigenvalue weighted by Crippen LogP contribution is 2.25. The smallest absolute Gasteiger partial charge is 0.410 e. The van der Waals surface area contributed by atoms with Crippen molar-refractivity contribution < 1.29 is 19.4 Å². The van der Waals surface area contributed by atoms with Crippen LogP contribution in [0.3, 0.4) is 0 Å². The van der Waals surface area contributed by atoms with Crippen molar-refractivity contribution in [3.05, 3.63) is 51.5 Å². The van der Waals surface area contributed by atoms with Crippen LogP contribution in [-0.4, -0.2) is 40.1 Å². The number of benzene rings is 1. The fourth-order valence-corrected chi connectivity index (χ4v) is 4.22. The van der Waals surface area contributed by atoms with Crippen molar-refractivity contribution in [3.63, 3.8) is 0 Å². The van der Waals surface area contributed by atoms with Gasteiger partial charge in [0.15, 0.2) is 0 Å². The van der Waals surface area contributed by atoms with Gasteiger partial charge in [0.1, 0.15) is 11.5 Å². The van der Waals surface area contributed by atoms with Gasteiger partial charge in [0.05, 0.1) is 10.7 Å². The first-order valence-corrected chi connectivity index (χ1v) is 10.00. The van der Waals surface area contributed by atoms with Crippen molar-refractivity contribution in [2.75, 3.05) is 13.1 Å². The van der Waals surface area contributed by atoms with Crippen LogP contribution in [0.5, 0.6) is 0 Å². The average molecular weight is 388 g/mol. The lowest BCUT2D eigenvalue weighted by Gasteiger charge is -2.31. The lowest BCUT2D eigenvalue weighted by Crippen LogP contribution is -2.38. The number of carboxylic acid groups (broad SMARTS) is 1. The maximum Gasteiger partial charge on any atom is 0.410 e. The van der Waals surface area contributed by atoms with Crippen LogP contribution in [-0.2, 0) is 17.8 Å². The number of nitrogens with zero attached hydrogens (tertiary/aromatic N) is 2. The lowest BCUT2D eigenvalue weighted by atomic mass is 9.92. The van der Waals surface area contributed by atoms with Crippen LogP contribution in [0.4, 0.5) is 4.79 Å². The Morgan fingerprint density at radius 2 is 1.96 bits per heavy atom. The first kappa shape index (κ1) is 19.4. The van der Waals surface area contributed by atoms with Crippen LogP contribution in [0.15, 0.2) is 30.3 Å². The van der Waals surface area contributed by atoms with Crippen molar-refractivity contribution in [2.24, 2.45) is 5.92 Å². The summed E-state index contributed by atoms with van der Waals surface area (Å²) in [4.78, 5) is 29.8. The molecule has 0 atom stereocenters. The molecule has 1 aromatic heterocycles. The van der Waals surface area contributed by atoms with E-state index in [1.54, 1.807) is 11.8 Å². The number of aromatic carboxylic acids is 1. The molecule has 0 spiro atoms. The number of likely N-dealkylation sites (tertiary alicyclic amines) is 1. The van der Waals surface area contributed by atoms with Crippen LogP contribution < -0.4 is 0 Å². The molecule has 1 aromatic carbocycles. The van der Waals surface area contributed by atoms with Crippen LogP contribution in [0.25, 0.3) is 0 Å². The predicted molar refractivity (Wildman–Crippen MR) is 103 cm³/mol. The SMILES string of the molecule is Cc1nc(CCC2CCN(C(=O)OCc3ccccc3)CC2)sc1C(=O)O. The topological polar surface area (TPSA) is 79.7 Å². The van der Waals surface area contributed by atoms with E-state index in [1.807, 2.05) is 30.3 Å². The van der Waals surface area contributed by atoms with Crippen molar-refractivity contribution in [3.8, 4) is 0 Å². The number of aromatic nitrogens is 1. The number of aryl methyl sites for hydroxylation is 2. The molecule has 2 heterocycles. The zero-order valence-electron chi connectivity index (χ0n) is 15.4. The zero-order chi connectivity index (χ0) is 19.2. The number of piperidine rings is 1. The van der Waals surface area contributed by atoms with Gasteiger partial charge in [-0.05, 0) is 44.1 Å². The molecule has 27 heavy (non-hydrogen) atoms. The Kier molecular flexibility index (Phi) is 6.45. The summed E-state index contributed by atoms with van der Waals surface area (Å²) in [6.07, 6.45) is 3.40. The predicted octanol–water partition coefficient (Wildman–Crippen LogP) is 4.13. The molecule has 6 nitrogen and oxygen atoms in total. The van der Waals surface area contributed by atoms with Crippen molar-refractivity contribution in [1.29, 1.82) is 0 Å². The van der Waals surface area contributed by atoms with E-state index < -0.39 is 5.97 Å². The van der Waals surface area contributed by atoms with Crippen molar-refractivity contribution in [2.45, 2.75) is 39.2 Å². The molecule has 2 aromatic rings.